The van der Waals surface area contributed by atoms with E-state index < -0.39 is 0 Å². The van der Waals surface area contributed by atoms with E-state index in [9.17, 15) is 0 Å². The number of nitrogens with zero attached hydrogens (tertiary/aromatic N) is 3. The first-order chi connectivity index (χ1) is 21.5. The van der Waals surface area contributed by atoms with E-state index >= 15 is 0 Å². The third-order valence-electron chi connectivity index (χ3n) is 8.14. The first-order valence-electron chi connectivity index (χ1n) is 14.6. The summed E-state index contributed by atoms with van der Waals surface area (Å²) in [5, 5.41) is 12.2. The number of allylic oxidation sites excluding steroid dienone is 3. The Kier molecular flexibility index (Phi) is 6.88. The first-order valence-corrected chi connectivity index (χ1v) is 14.6. The minimum atomic E-state index is 0.817. The standard InChI is InChI=1S/C40H30N4/c1-4-8-31(23-41)27-9-5-11-29(21-27)37-19-25(2)43-39-33-15-17-36-38(20-26(3)44-40(36)34(33)14-16-35(37)39)30-12-6-10-28(22-30)32-13-7-18-42-24-32/h4-24,41H,1H2,2-3H3/b31-8+,41-23?. The number of rotatable bonds is 6. The Balaban J connectivity index is 1.43. The van der Waals surface area contributed by atoms with Crippen LogP contribution in [0.4, 0.5) is 0 Å². The van der Waals surface area contributed by atoms with Crippen LogP contribution in [-0.2, 0) is 0 Å². The summed E-state index contributed by atoms with van der Waals surface area (Å²) in [7, 11) is 0. The number of nitrogens with one attached hydrogen (secondary N) is 1. The van der Waals surface area contributed by atoms with Crippen LogP contribution < -0.4 is 0 Å². The van der Waals surface area contributed by atoms with Crippen molar-refractivity contribution in [1.82, 2.24) is 15.0 Å². The van der Waals surface area contributed by atoms with Crippen LogP contribution in [-0.4, -0.2) is 21.2 Å². The van der Waals surface area contributed by atoms with Crippen molar-refractivity contribution in [2.75, 3.05) is 0 Å². The van der Waals surface area contributed by atoms with Crippen molar-refractivity contribution < 1.29 is 0 Å². The largest absolute Gasteiger partial charge is 0.308 e. The molecule has 7 aromatic rings. The molecule has 0 saturated heterocycles. The lowest BCUT2D eigenvalue weighted by molar-refractivity contribution is 1.26. The second kappa shape index (κ2) is 11.2. The molecule has 0 bridgehead atoms. The van der Waals surface area contributed by atoms with Gasteiger partial charge in [0.2, 0.25) is 0 Å². The van der Waals surface area contributed by atoms with E-state index in [1.807, 2.05) is 37.4 Å². The molecule has 0 amide bonds. The summed E-state index contributed by atoms with van der Waals surface area (Å²) in [4.78, 5) is 14.4. The number of aryl methyl sites for hydroxylation is 2. The Morgan fingerprint density at radius 2 is 1.20 bits per heavy atom. The van der Waals surface area contributed by atoms with E-state index in [-0.39, 0.29) is 0 Å². The molecule has 4 nitrogen and oxygen atoms in total. The second-order valence-electron chi connectivity index (χ2n) is 11.0. The summed E-state index contributed by atoms with van der Waals surface area (Å²) in [5.41, 5.74) is 12.4. The van der Waals surface area contributed by atoms with Gasteiger partial charge in [-0.2, -0.15) is 0 Å². The fourth-order valence-corrected chi connectivity index (χ4v) is 6.14. The predicted octanol–water partition coefficient (Wildman–Crippen LogP) is 10.2. The fraction of sp³-hybridized carbons (Fsp3) is 0.0500. The Hall–Kier alpha value is -5.74. The quantitative estimate of drug-likeness (QED) is 0.124. The Morgan fingerprint density at radius 1 is 0.636 bits per heavy atom. The molecule has 0 saturated carbocycles. The Morgan fingerprint density at radius 3 is 1.80 bits per heavy atom. The van der Waals surface area contributed by atoms with Gasteiger partial charge < -0.3 is 5.41 Å². The van der Waals surface area contributed by atoms with Crippen LogP contribution in [0.3, 0.4) is 0 Å². The Labute approximate surface area is 256 Å². The molecule has 3 aromatic heterocycles. The van der Waals surface area contributed by atoms with Crippen molar-refractivity contribution in [1.29, 1.82) is 5.41 Å². The van der Waals surface area contributed by atoms with Crippen LogP contribution in [0.2, 0.25) is 0 Å². The molecule has 44 heavy (non-hydrogen) atoms. The smallest absolute Gasteiger partial charge is 0.0790 e. The zero-order valence-corrected chi connectivity index (χ0v) is 24.7. The zero-order valence-electron chi connectivity index (χ0n) is 24.7. The summed E-state index contributed by atoms with van der Waals surface area (Å²) < 4.78 is 0. The third-order valence-corrected chi connectivity index (χ3v) is 8.14. The van der Waals surface area contributed by atoms with Gasteiger partial charge in [-0.15, -0.1) is 0 Å². The second-order valence-corrected chi connectivity index (χ2v) is 11.0. The molecule has 3 heterocycles. The maximum absolute atomic E-state index is 7.87. The fourth-order valence-electron chi connectivity index (χ4n) is 6.14. The van der Waals surface area contributed by atoms with Crippen molar-refractivity contribution in [3.8, 4) is 33.4 Å². The average molecular weight is 567 g/mol. The van der Waals surface area contributed by atoms with Gasteiger partial charge in [-0.05, 0) is 83.1 Å². The molecular formula is C40H30N4. The highest BCUT2D eigenvalue weighted by Crippen LogP contribution is 2.39. The summed E-state index contributed by atoms with van der Waals surface area (Å²) in [5.74, 6) is 0. The molecule has 0 aliphatic rings. The summed E-state index contributed by atoms with van der Waals surface area (Å²) in [6, 6.07) is 34.1. The van der Waals surface area contributed by atoms with Gasteiger partial charge in [0.05, 0.1) is 11.0 Å². The van der Waals surface area contributed by atoms with Gasteiger partial charge in [-0.1, -0.05) is 85.5 Å². The van der Waals surface area contributed by atoms with E-state index in [4.69, 9.17) is 15.4 Å². The molecule has 4 aromatic carbocycles. The van der Waals surface area contributed by atoms with Gasteiger partial charge in [0, 0.05) is 57.1 Å². The molecule has 0 fully saturated rings. The average Bonchev–Trinajstić information content (AvgIpc) is 3.06. The lowest BCUT2D eigenvalue weighted by atomic mass is 9.92. The normalized spacial score (nSPS) is 11.7. The monoisotopic (exact) mass is 566 g/mol. The van der Waals surface area contributed by atoms with E-state index in [1.165, 1.54) is 6.21 Å². The number of aromatic nitrogens is 3. The van der Waals surface area contributed by atoms with Crippen molar-refractivity contribution in [2.24, 2.45) is 0 Å². The molecule has 1 N–H and O–H groups in total. The number of fused-ring (bicyclic) bond motifs is 5. The van der Waals surface area contributed by atoms with E-state index in [0.717, 1.165) is 88.5 Å². The highest BCUT2D eigenvalue weighted by atomic mass is 14.7. The van der Waals surface area contributed by atoms with Crippen LogP contribution in [0, 0.1) is 19.3 Å². The lowest BCUT2D eigenvalue weighted by Crippen LogP contribution is -1.94. The maximum atomic E-state index is 7.87. The molecule has 0 spiro atoms. The predicted molar refractivity (Wildman–Crippen MR) is 185 cm³/mol. The molecule has 7 rings (SSSR count). The van der Waals surface area contributed by atoms with Crippen LogP contribution in [0.15, 0.2) is 128 Å². The van der Waals surface area contributed by atoms with Gasteiger partial charge in [0.15, 0.2) is 0 Å². The topological polar surface area (TPSA) is 62.5 Å². The van der Waals surface area contributed by atoms with Crippen LogP contribution >= 0.6 is 0 Å². The van der Waals surface area contributed by atoms with Crippen molar-refractivity contribution >= 4 is 44.4 Å². The summed E-state index contributed by atoms with van der Waals surface area (Å²) in [6.45, 7) is 7.91. The molecule has 0 atom stereocenters. The number of hydrogen-bond donors (Lipinski definition) is 1. The van der Waals surface area contributed by atoms with Gasteiger partial charge in [-0.3, -0.25) is 15.0 Å². The molecule has 0 radical (unpaired) electrons. The molecule has 210 valence electrons. The van der Waals surface area contributed by atoms with E-state index in [0.29, 0.717) is 0 Å². The minimum Gasteiger partial charge on any atom is -0.308 e. The summed E-state index contributed by atoms with van der Waals surface area (Å²) >= 11 is 0. The molecule has 0 aliphatic carbocycles. The van der Waals surface area contributed by atoms with E-state index in [1.54, 1.807) is 12.3 Å². The molecule has 0 aliphatic heterocycles. The number of hydrogen-bond acceptors (Lipinski definition) is 4. The van der Waals surface area contributed by atoms with Crippen LogP contribution in [0.1, 0.15) is 17.0 Å². The SMILES string of the molecule is C=C/C=C(\C=N)c1cccc(-c2cc(C)nc3c2ccc2c3ccc3c(-c4cccc(-c5cccnc5)c4)cc(C)nc32)c1. The van der Waals surface area contributed by atoms with Crippen LogP contribution in [0.5, 0.6) is 0 Å². The number of benzene rings is 4. The lowest BCUT2D eigenvalue weighted by Gasteiger charge is -2.15. The maximum Gasteiger partial charge on any atom is 0.0790 e. The summed E-state index contributed by atoms with van der Waals surface area (Å²) in [6.07, 6.45) is 8.65. The van der Waals surface area contributed by atoms with Crippen LogP contribution in [0.25, 0.3) is 71.5 Å². The minimum absolute atomic E-state index is 0.817. The van der Waals surface area contributed by atoms with Crippen molar-refractivity contribution in [2.45, 2.75) is 13.8 Å². The molecular weight excluding hydrogens is 536 g/mol. The first kappa shape index (κ1) is 27.1. The van der Waals surface area contributed by atoms with E-state index in [2.05, 4.69) is 97.3 Å². The third kappa shape index (κ3) is 4.77. The van der Waals surface area contributed by atoms with Gasteiger partial charge in [0.1, 0.15) is 0 Å². The van der Waals surface area contributed by atoms with Gasteiger partial charge >= 0.3 is 0 Å². The highest BCUT2D eigenvalue weighted by molar-refractivity contribution is 6.19. The number of pyridine rings is 3. The molecule has 4 heteroatoms. The van der Waals surface area contributed by atoms with Crippen molar-refractivity contribution in [3.05, 3.63) is 145 Å². The van der Waals surface area contributed by atoms with Gasteiger partial charge in [0.25, 0.3) is 0 Å². The highest BCUT2D eigenvalue weighted by Gasteiger charge is 2.15. The van der Waals surface area contributed by atoms with Gasteiger partial charge in [-0.25, -0.2) is 0 Å². The zero-order chi connectivity index (χ0) is 30.2. The Bertz CT molecular complexity index is 2280. The molecule has 0 unspecified atom stereocenters. The van der Waals surface area contributed by atoms with Crippen molar-refractivity contribution in [3.63, 3.8) is 0 Å².